The Morgan fingerprint density at radius 2 is 2.10 bits per heavy atom. The Hall–Kier alpha value is -2.37. The molecule has 6 heteroatoms. The van der Waals surface area contributed by atoms with E-state index in [1.54, 1.807) is 6.92 Å². The van der Waals surface area contributed by atoms with Crippen molar-refractivity contribution < 1.29 is 9.59 Å². The molecule has 6 nitrogen and oxygen atoms in total. The number of aromatic amines is 1. The minimum absolute atomic E-state index is 0.194. The first-order valence-corrected chi connectivity index (χ1v) is 6.65. The van der Waals surface area contributed by atoms with Gasteiger partial charge in [0.2, 0.25) is 5.91 Å². The number of carbonyl (C=O) groups excluding carboxylic acids is 2. The van der Waals surface area contributed by atoms with Crippen LogP contribution in [0.25, 0.3) is 10.9 Å². The van der Waals surface area contributed by atoms with Crippen LogP contribution in [-0.2, 0) is 4.79 Å². The van der Waals surface area contributed by atoms with Gasteiger partial charge >= 0.3 is 0 Å². The molecule has 106 valence electrons. The molecule has 2 aromatic rings. The van der Waals surface area contributed by atoms with Gasteiger partial charge in [-0.2, -0.15) is 5.10 Å². The van der Waals surface area contributed by atoms with Crippen molar-refractivity contribution in [2.24, 2.45) is 0 Å². The number of H-pyrrole nitrogens is 1. The van der Waals surface area contributed by atoms with Gasteiger partial charge in [-0.3, -0.25) is 14.7 Å². The van der Waals surface area contributed by atoms with Gasteiger partial charge < -0.3 is 10.6 Å². The first-order valence-electron chi connectivity index (χ1n) is 6.65. The van der Waals surface area contributed by atoms with Gasteiger partial charge in [-0.05, 0) is 19.4 Å². The van der Waals surface area contributed by atoms with Crippen LogP contribution in [0, 0.1) is 0 Å². The predicted molar refractivity (Wildman–Crippen MR) is 76.3 cm³/mol. The van der Waals surface area contributed by atoms with Gasteiger partial charge in [-0.1, -0.05) is 25.1 Å². The van der Waals surface area contributed by atoms with Gasteiger partial charge in [0.15, 0.2) is 5.69 Å². The number of aromatic nitrogens is 2. The number of nitrogens with zero attached hydrogens (tertiary/aromatic N) is 1. The van der Waals surface area contributed by atoms with Crippen LogP contribution in [0.4, 0.5) is 0 Å². The van der Waals surface area contributed by atoms with Gasteiger partial charge in [-0.15, -0.1) is 0 Å². The number of rotatable bonds is 5. The van der Waals surface area contributed by atoms with E-state index in [2.05, 4.69) is 20.8 Å². The quantitative estimate of drug-likeness (QED) is 0.766. The molecule has 1 atom stereocenters. The van der Waals surface area contributed by atoms with E-state index >= 15 is 0 Å². The van der Waals surface area contributed by atoms with Crippen molar-refractivity contribution in [1.82, 2.24) is 20.8 Å². The highest BCUT2D eigenvalue weighted by atomic mass is 16.2. The summed E-state index contributed by atoms with van der Waals surface area (Å²) in [6, 6.07) is 6.77. The normalized spacial score (nSPS) is 12.1. The number of amides is 2. The second-order valence-corrected chi connectivity index (χ2v) is 4.60. The molecule has 0 bridgehead atoms. The van der Waals surface area contributed by atoms with Crippen LogP contribution >= 0.6 is 0 Å². The fraction of sp³-hybridized carbons (Fsp3) is 0.357. The van der Waals surface area contributed by atoms with Gasteiger partial charge in [-0.25, -0.2) is 0 Å². The maximum atomic E-state index is 12.1. The Bertz CT molecular complexity index is 620. The molecule has 0 saturated heterocycles. The Balaban J connectivity index is 2.06. The Morgan fingerprint density at radius 1 is 1.35 bits per heavy atom. The highest BCUT2D eigenvalue weighted by Crippen LogP contribution is 2.14. The summed E-state index contributed by atoms with van der Waals surface area (Å²) in [6.45, 7) is 4.22. The molecule has 0 fully saturated rings. The minimum atomic E-state index is -0.593. The maximum Gasteiger partial charge on any atom is 0.273 e. The standard InChI is InChI=1S/C14H18N4O2/c1-3-8-15-13(19)9(2)16-14(20)12-10-6-4-5-7-11(10)17-18-12/h4-7,9H,3,8H2,1-2H3,(H,15,19)(H,16,20)(H,17,18)/t9-/m0/s1. The van der Waals surface area contributed by atoms with E-state index in [-0.39, 0.29) is 11.8 Å². The van der Waals surface area contributed by atoms with E-state index < -0.39 is 6.04 Å². The van der Waals surface area contributed by atoms with Gasteiger partial charge in [0.05, 0.1) is 5.52 Å². The third-order valence-electron chi connectivity index (χ3n) is 2.98. The summed E-state index contributed by atoms with van der Waals surface area (Å²) in [5.41, 5.74) is 1.09. The summed E-state index contributed by atoms with van der Waals surface area (Å²) in [5, 5.41) is 12.9. The van der Waals surface area contributed by atoms with E-state index in [9.17, 15) is 9.59 Å². The number of carbonyl (C=O) groups is 2. The van der Waals surface area contributed by atoms with E-state index in [0.29, 0.717) is 12.2 Å². The zero-order valence-corrected chi connectivity index (χ0v) is 11.6. The topological polar surface area (TPSA) is 86.9 Å². The molecule has 20 heavy (non-hydrogen) atoms. The number of fused-ring (bicyclic) bond motifs is 1. The van der Waals surface area contributed by atoms with Crippen LogP contribution in [0.3, 0.4) is 0 Å². The van der Waals surface area contributed by atoms with E-state index in [0.717, 1.165) is 17.3 Å². The molecule has 0 unspecified atom stereocenters. The molecular weight excluding hydrogens is 256 g/mol. The van der Waals surface area contributed by atoms with Gasteiger partial charge in [0.1, 0.15) is 6.04 Å². The van der Waals surface area contributed by atoms with Crippen LogP contribution in [0.15, 0.2) is 24.3 Å². The third-order valence-corrected chi connectivity index (χ3v) is 2.98. The fourth-order valence-electron chi connectivity index (χ4n) is 1.87. The highest BCUT2D eigenvalue weighted by molar-refractivity contribution is 6.05. The van der Waals surface area contributed by atoms with Gasteiger partial charge in [0, 0.05) is 11.9 Å². The lowest BCUT2D eigenvalue weighted by Gasteiger charge is -2.12. The molecule has 1 aromatic heterocycles. The summed E-state index contributed by atoms with van der Waals surface area (Å²) in [4.78, 5) is 23.9. The van der Waals surface area contributed by atoms with Gasteiger partial charge in [0.25, 0.3) is 5.91 Å². The number of hydrogen-bond acceptors (Lipinski definition) is 3. The van der Waals surface area contributed by atoms with Crippen molar-refractivity contribution in [3.8, 4) is 0 Å². The summed E-state index contributed by atoms with van der Waals surface area (Å²) < 4.78 is 0. The van der Waals surface area contributed by atoms with E-state index in [1.165, 1.54) is 0 Å². The zero-order chi connectivity index (χ0) is 14.5. The molecule has 0 aliphatic heterocycles. The fourth-order valence-corrected chi connectivity index (χ4v) is 1.87. The Labute approximate surface area is 116 Å². The Kier molecular flexibility index (Phi) is 4.34. The second kappa shape index (κ2) is 6.18. The van der Waals surface area contributed by atoms with Crippen molar-refractivity contribution in [3.05, 3.63) is 30.0 Å². The van der Waals surface area contributed by atoms with Crippen molar-refractivity contribution in [2.75, 3.05) is 6.54 Å². The first kappa shape index (κ1) is 14.0. The molecular formula is C14H18N4O2. The zero-order valence-electron chi connectivity index (χ0n) is 11.6. The van der Waals surface area contributed by atoms with E-state index in [4.69, 9.17) is 0 Å². The molecule has 2 rings (SSSR count). The first-order chi connectivity index (χ1) is 9.63. The van der Waals surface area contributed by atoms with Crippen LogP contribution in [0.1, 0.15) is 30.8 Å². The molecule has 2 amide bonds. The average molecular weight is 274 g/mol. The summed E-state index contributed by atoms with van der Waals surface area (Å²) in [7, 11) is 0. The van der Waals surface area contributed by atoms with Crippen LogP contribution < -0.4 is 10.6 Å². The van der Waals surface area contributed by atoms with Crippen LogP contribution in [-0.4, -0.2) is 34.6 Å². The lowest BCUT2D eigenvalue weighted by molar-refractivity contribution is -0.122. The lowest BCUT2D eigenvalue weighted by atomic mass is 10.2. The molecule has 1 heterocycles. The average Bonchev–Trinajstić information content (AvgIpc) is 2.88. The molecule has 0 radical (unpaired) electrons. The number of para-hydroxylation sites is 1. The number of nitrogens with one attached hydrogen (secondary N) is 3. The molecule has 1 aromatic carbocycles. The summed E-state index contributed by atoms with van der Waals surface area (Å²) in [5.74, 6) is -0.554. The van der Waals surface area contributed by atoms with Crippen LogP contribution in [0.5, 0.6) is 0 Å². The summed E-state index contributed by atoms with van der Waals surface area (Å²) in [6.07, 6.45) is 0.858. The Morgan fingerprint density at radius 3 is 2.85 bits per heavy atom. The lowest BCUT2D eigenvalue weighted by Crippen LogP contribution is -2.45. The maximum absolute atomic E-state index is 12.1. The van der Waals surface area contributed by atoms with E-state index in [1.807, 2.05) is 31.2 Å². The minimum Gasteiger partial charge on any atom is -0.354 e. The van der Waals surface area contributed by atoms with Crippen molar-refractivity contribution in [2.45, 2.75) is 26.3 Å². The SMILES string of the molecule is CCCNC(=O)[C@H](C)NC(=O)c1n[nH]c2ccccc12. The van der Waals surface area contributed by atoms with Crippen molar-refractivity contribution in [1.29, 1.82) is 0 Å². The number of benzene rings is 1. The molecule has 0 spiro atoms. The second-order valence-electron chi connectivity index (χ2n) is 4.60. The molecule has 0 aliphatic rings. The smallest absolute Gasteiger partial charge is 0.273 e. The highest BCUT2D eigenvalue weighted by Gasteiger charge is 2.19. The predicted octanol–water partition coefficient (Wildman–Crippen LogP) is 1.21. The number of hydrogen-bond donors (Lipinski definition) is 3. The molecule has 0 aliphatic carbocycles. The third kappa shape index (κ3) is 2.96. The van der Waals surface area contributed by atoms with Crippen molar-refractivity contribution in [3.63, 3.8) is 0 Å². The largest absolute Gasteiger partial charge is 0.354 e. The van der Waals surface area contributed by atoms with Crippen molar-refractivity contribution >= 4 is 22.7 Å². The molecule has 0 saturated carbocycles. The monoisotopic (exact) mass is 274 g/mol. The van der Waals surface area contributed by atoms with Crippen LogP contribution in [0.2, 0.25) is 0 Å². The summed E-state index contributed by atoms with van der Waals surface area (Å²) >= 11 is 0. The molecule has 3 N–H and O–H groups in total.